The van der Waals surface area contributed by atoms with Gasteiger partial charge >= 0.3 is 5.97 Å². The van der Waals surface area contributed by atoms with E-state index in [1.807, 2.05) is 13.0 Å². The average molecular weight is 395 g/mol. The fourth-order valence-electron chi connectivity index (χ4n) is 3.71. The monoisotopic (exact) mass is 395 g/mol. The lowest BCUT2D eigenvalue weighted by molar-refractivity contribution is 0.0339. The number of morpholine rings is 1. The van der Waals surface area contributed by atoms with Gasteiger partial charge < -0.3 is 14.4 Å². The molecule has 1 aliphatic heterocycles. The van der Waals surface area contributed by atoms with Crippen LogP contribution < -0.4 is 4.90 Å². The number of anilines is 1. The van der Waals surface area contributed by atoms with E-state index in [9.17, 15) is 4.79 Å². The third kappa shape index (κ3) is 3.55. The molecule has 1 fully saturated rings. The Bertz CT molecular complexity index is 1060. The van der Waals surface area contributed by atoms with Gasteiger partial charge in [-0.25, -0.2) is 9.78 Å². The van der Waals surface area contributed by atoms with Gasteiger partial charge in [0.2, 0.25) is 0 Å². The van der Waals surface area contributed by atoms with Gasteiger partial charge in [0.25, 0.3) is 0 Å². The van der Waals surface area contributed by atoms with Gasteiger partial charge in [-0.15, -0.1) is 0 Å². The molecule has 1 atom stereocenters. The minimum absolute atomic E-state index is 0.279. The molecule has 1 aromatic carbocycles. The zero-order valence-corrected chi connectivity index (χ0v) is 17.2. The number of ether oxygens (including phenoxy) is 2. The number of hydrogen-bond acceptors (Lipinski definition) is 7. The minimum Gasteiger partial charge on any atom is -0.462 e. The highest BCUT2D eigenvalue weighted by molar-refractivity contribution is 6.06. The van der Waals surface area contributed by atoms with E-state index in [0.29, 0.717) is 37.7 Å². The van der Waals surface area contributed by atoms with Crippen molar-refractivity contribution < 1.29 is 14.3 Å². The second-order valence-corrected chi connectivity index (χ2v) is 7.23. The average Bonchev–Trinajstić information content (AvgIpc) is 3.16. The number of nitrogens with zero attached hydrogens (tertiary/aromatic N) is 4. The van der Waals surface area contributed by atoms with Gasteiger partial charge in [0.1, 0.15) is 17.5 Å². The Morgan fingerprint density at radius 1 is 1.34 bits per heavy atom. The molecule has 0 aliphatic carbocycles. The third-order valence-corrected chi connectivity index (χ3v) is 5.32. The lowest BCUT2D eigenvalue weighted by Gasteiger charge is -2.35. The minimum atomic E-state index is -0.369. The fraction of sp³-hybridized carbons (Fsp3) is 0.429. The number of esters is 1. The maximum atomic E-state index is 12.7. The summed E-state index contributed by atoms with van der Waals surface area (Å²) in [6.07, 6.45) is 1.35. The van der Waals surface area contributed by atoms with Crippen molar-refractivity contribution in [2.24, 2.45) is 0 Å². The fourth-order valence-corrected chi connectivity index (χ4v) is 3.71. The molecule has 3 aromatic rings. The number of rotatable bonds is 4. The second kappa shape index (κ2) is 7.79. The van der Waals surface area contributed by atoms with Crippen molar-refractivity contribution in [1.29, 1.82) is 0 Å². The third-order valence-electron chi connectivity index (χ3n) is 5.32. The Morgan fingerprint density at radius 2 is 2.17 bits per heavy atom. The highest BCUT2D eigenvalue weighted by atomic mass is 16.5. The Morgan fingerprint density at radius 3 is 2.90 bits per heavy atom. The highest BCUT2D eigenvalue weighted by Crippen LogP contribution is 2.35. The number of aromatic amines is 1. The van der Waals surface area contributed by atoms with E-state index in [1.165, 1.54) is 0 Å². The van der Waals surface area contributed by atoms with Crippen molar-refractivity contribution in [3.8, 4) is 0 Å². The van der Waals surface area contributed by atoms with E-state index in [1.54, 1.807) is 13.1 Å². The van der Waals surface area contributed by atoms with Crippen LogP contribution >= 0.6 is 0 Å². The number of aromatic nitrogens is 4. The number of pyridine rings is 1. The predicted molar refractivity (Wildman–Crippen MR) is 109 cm³/mol. The molecule has 1 saturated heterocycles. The van der Waals surface area contributed by atoms with E-state index in [2.05, 4.69) is 45.0 Å². The number of nitrogens with one attached hydrogen (secondary N) is 1. The molecule has 3 heterocycles. The summed E-state index contributed by atoms with van der Waals surface area (Å²) in [5.41, 5.74) is 4.46. The molecule has 152 valence electrons. The number of aryl methyl sites for hydroxylation is 3. The summed E-state index contributed by atoms with van der Waals surface area (Å²) in [4.78, 5) is 23.9. The summed E-state index contributed by atoms with van der Waals surface area (Å²) < 4.78 is 11.2. The van der Waals surface area contributed by atoms with E-state index >= 15 is 0 Å². The van der Waals surface area contributed by atoms with Gasteiger partial charge in [0, 0.05) is 18.1 Å². The molecule has 2 aromatic heterocycles. The first-order chi connectivity index (χ1) is 14.0. The number of carbonyl (C=O) groups is 1. The van der Waals surface area contributed by atoms with Crippen LogP contribution in [-0.4, -0.2) is 52.4 Å². The lowest BCUT2D eigenvalue weighted by atomic mass is 10.0. The molecule has 8 heteroatoms. The van der Waals surface area contributed by atoms with E-state index in [-0.39, 0.29) is 12.1 Å². The van der Waals surface area contributed by atoms with Crippen LogP contribution in [0.2, 0.25) is 0 Å². The van der Waals surface area contributed by atoms with Gasteiger partial charge in [0.15, 0.2) is 5.82 Å². The number of H-pyrrole nitrogens is 1. The van der Waals surface area contributed by atoms with Crippen molar-refractivity contribution in [2.75, 3.05) is 31.2 Å². The summed E-state index contributed by atoms with van der Waals surface area (Å²) in [5, 5.41) is 8.05. The molecule has 4 rings (SSSR count). The summed E-state index contributed by atoms with van der Waals surface area (Å²) in [6, 6.07) is 4.10. The number of fused-ring (bicyclic) bond motifs is 1. The number of carbonyl (C=O) groups excluding carboxylic acids is 1. The molecule has 29 heavy (non-hydrogen) atoms. The van der Waals surface area contributed by atoms with Crippen LogP contribution in [0, 0.1) is 20.8 Å². The zero-order valence-electron chi connectivity index (χ0n) is 17.2. The lowest BCUT2D eigenvalue weighted by Crippen LogP contribution is -2.39. The van der Waals surface area contributed by atoms with Crippen LogP contribution in [0.25, 0.3) is 10.9 Å². The van der Waals surface area contributed by atoms with Crippen LogP contribution in [0.5, 0.6) is 0 Å². The maximum Gasteiger partial charge on any atom is 0.341 e. The van der Waals surface area contributed by atoms with Gasteiger partial charge in [-0.1, -0.05) is 12.1 Å². The highest BCUT2D eigenvalue weighted by Gasteiger charge is 2.29. The van der Waals surface area contributed by atoms with Gasteiger partial charge in [0.05, 0.1) is 31.0 Å². The second-order valence-electron chi connectivity index (χ2n) is 7.23. The molecule has 1 aliphatic rings. The Kier molecular flexibility index (Phi) is 5.19. The zero-order chi connectivity index (χ0) is 20.5. The van der Waals surface area contributed by atoms with E-state index in [0.717, 1.165) is 33.5 Å². The van der Waals surface area contributed by atoms with E-state index in [4.69, 9.17) is 9.47 Å². The van der Waals surface area contributed by atoms with Gasteiger partial charge in [-0.05, 0) is 38.8 Å². The Labute approximate surface area is 169 Å². The first-order valence-electron chi connectivity index (χ1n) is 9.81. The molecule has 8 nitrogen and oxygen atoms in total. The molecule has 0 bridgehead atoms. The summed E-state index contributed by atoms with van der Waals surface area (Å²) in [5.74, 6) is 0.996. The van der Waals surface area contributed by atoms with Crippen LogP contribution in [0.1, 0.15) is 46.2 Å². The van der Waals surface area contributed by atoms with Crippen LogP contribution in [-0.2, 0) is 9.47 Å². The molecule has 0 amide bonds. The maximum absolute atomic E-state index is 12.7. The predicted octanol–water partition coefficient (Wildman–Crippen LogP) is 3.03. The van der Waals surface area contributed by atoms with Crippen molar-refractivity contribution in [2.45, 2.75) is 33.8 Å². The van der Waals surface area contributed by atoms with Crippen molar-refractivity contribution in [3.63, 3.8) is 0 Å². The standard InChI is InChI=1S/C21H25N5O3/c1-5-28-21(27)16-10-22-18-13(3)12(2)6-7-15(18)19(16)26-8-9-29-17(11-26)20-23-14(4)24-25-20/h6-7,10,17H,5,8-9,11H2,1-4H3,(H,23,24,25). The van der Waals surface area contributed by atoms with Crippen molar-refractivity contribution >= 4 is 22.6 Å². The molecule has 0 spiro atoms. The number of hydrogen-bond donors (Lipinski definition) is 1. The summed E-state index contributed by atoms with van der Waals surface area (Å²) in [6.45, 7) is 9.78. The largest absolute Gasteiger partial charge is 0.462 e. The molecular weight excluding hydrogens is 370 g/mol. The molecule has 0 radical (unpaired) electrons. The number of benzene rings is 1. The SMILES string of the molecule is CCOC(=O)c1cnc2c(C)c(C)ccc2c1N1CCOC(c2n[nH]c(C)n2)C1. The first-order valence-corrected chi connectivity index (χ1v) is 9.81. The smallest absolute Gasteiger partial charge is 0.341 e. The van der Waals surface area contributed by atoms with Crippen LogP contribution in [0.4, 0.5) is 5.69 Å². The summed E-state index contributed by atoms with van der Waals surface area (Å²) >= 11 is 0. The topological polar surface area (TPSA) is 93.2 Å². The Hall–Kier alpha value is -3.00. The first kappa shape index (κ1) is 19.3. The van der Waals surface area contributed by atoms with Crippen LogP contribution in [0.15, 0.2) is 18.3 Å². The molecule has 0 saturated carbocycles. The molecular formula is C21H25N5O3. The van der Waals surface area contributed by atoms with Crippen molar-refractivity contribution in [3.05, 3.63) is 46.7 Å². The summed E-state index contributed by atoms with van der Waals surface area (Å²) in [7, 11) is 0. The molecule has 1 N–H and O–H groups in total. The molecule has 1 unspecified atom stereocenters. The normalized spacial score (nSPS) is 17.0. The van der Waals surface area contributed by atoms with Crippen molar-refractivity contribution in [1.82, 2.24) is 20.2 Å². The van der Waals surface area contributed by atoms with Crippen LogP contribution in [0.3, 0.4) is 0 Å². The van der Waals surface area contributed by atoms with Gasteiger partial charge in [-0.3, -0.25) is 10.1 Å². The van der Waals surface area contributed by atoms with Gasteiger partial charge in [-0.2, -0.15) is 5.10 Å². The Balaban J connectivity index is 1.82. The van der Waals surface area contributed by atoms with E-state index < -0.39 is 0 Å². The quantitative estimate of drug-likeness (QED) is 0.679.